The van der Waals surface area contributed by atoms with E-state index in [1.54, 1.807) is 6.92 Å². The van der Waals surface area contributed by atoms with Gasteiger partial charge in [-0.05, 0) is 30.2 Å². The molecule has 1 aromatic heterocycles. The molecule has 0 aliphatic heterocycles. The van der Waals surface area contributed by atoms with Crippen molar-refractivity contribution in [1.82, 2.24) is 9.97 Å². The van der Waals surface area contributed by atoms with Crippen molar-refractivity contribution in [3.05, 3.63) is 46.9 Å². The average Bonchev–Trinajstić information content (AvgIpc) is 2.29. The molecule has 0 saturated carbocycles. The predicted octanol–water partition coefficient (Wildman–Crippen LogP) is 3.51. The highest BCUT2D eigenvalue weighted by Gasteiger charge is 2.09. The molecule has 0 radical (unpaired) electrons. The van der Waals surface area contributed by atoms with Crippen molar-refractivity contribution in [1.29, 1.82) is 0 Å². The maximum atomic E-state index is 13.2. The molecule has 0 N–H and O–H groups in total. The molecule has 0 amide bonds. The summed E-state index contributed by atoms with van der Waals surface area (Å²) in [6, 6.07) is 4.17. The van der Waals surface area contributed by atoms with Crippen LogP contribution in [0.15, 0.2) is 24.4 Å². The van der Waals surface area contributed by atoms with E-state index in [4.69, 9.17) is 16.3 Å². The van der Waals surface area contributed by atoms with Gasteiger partial charge in [-0.2, -0.15) is 9.37 Å². The molecule has 0 fully saturated rings. The molecular weight excluding hydrogens is 250 g/mol. The van der Waals surface area contributed by atoms with Crippen molar-refractivity contribution in [2.45, 2.75) is 6.92 Å². The lowest BCUT2D eigenvalue weighted by Crippen LogP contribution is -1.95. The minimum Gasteiger partial charge on any atom is -0.436 e. The first-order valence-electron chi connectivity index (χ1n) is 4.68. The topological polar surface area (TPSA) is 35.0 Å². The summed E-state index contributed by atoms with van der Waals surface area (Å²) in [7, 11) is 0. The summed E-state index contributed by atoms with van der Waals surface area (Å²) in [5.41, 5.74) is 0.471. The highest BCUT2D eigenvalue weighted by molar-refractivity contribution is 6.28. The third kappa shape index (κ3) is 2.68. The molecular formula is C11H7ClF2N2O. The Labute approximate surface area is 101 Å². The highest BCUT2D eigenvalue weighted by Crippen LogP contribution is 2.24. The summed E-state index contributed by atoms with van der Waals surface area (Å²) in [6.07, 6.45) is 0.884. The van der Waals surface area contributed by atoms with E-state index in [0.717, 1.165) is 12.3 Å². The van der Waals surface area contributed by atoms with Crippen LogP contribution in [0, 0.1) is 18.6 Å². The van der Waals surface area contributed by atoms with Gasteiger partial charge in [0, 0.05) is 6.07 Å². The van der Waals surface area contributed by atoms with Gasteiger partial charge in [0.1, 0.15) is 11.6 Å². The van der Waals surface area contributed by atoms with Gasteiger partial charge in [0.2, 0.25) is 11.1 Å². The van der Waals surface area contributed by atoms with E-state index in [2.05, 4.69) is 9.97 Å². The maximum Gasteiger partial charge on any atom is 0.260 e. The third-order valence-electron chi connectivity index (χ3n) is 2.04. The molecule has 0 unspecified atom stereocenters. The fourth-order valence-corrected chi connectivity index (χ4v) is 1.28. The monoisotopic (exact) mass is 256 g/mol. The van der Waals surface area contributed by atoms with Crippen LogP contribution in [0.1, 0.15) is 5.56 Å². The van der Waals surface area contributed by atoms with E-state index in [-0.39, 0.29) is 16.9 Å². The van der Waals surface area contributed by atoms with Crippen LogP contribution >= 0.6 is 11.6 Å². The smallest absolute Gasteiger partial charge is 0.260 e. The number of hydrogen-bond donors (Lipinski definition) is 0. The summed E-state index contributed by atoms with van der Waals surface area (Å²) >= 11 is 5.50. The van der Waals surface area contributed by atoms with Crippen LogP contribution in [0.4, 0.5) is 8.78 Å². The zero-order chi connectivity index (χ0) is 12.4. The molecule has 2 aromatic rings. The number of hydrogen-bond acceptors (Lipinski definition) is 3. The lowest BCUT2D eigenvalue weighted by atomic mass is 10.2. The highest BCUT2D eigenvalue weighted by atomic mass is 35.5. The second-order valence-corrected chi connectivity index (χ2v) is 3.64. The fraction of sp³-hybridized carbons (Fsp3) is 0.0909. The van der Waals surface area contributed by atoms with Gasteiger partial charge in [0.15, 0.2) is 0 Å². The fourth-order valence-electron chi connectivity index (χ4n) is 1.15. The van der Waals surface area contributed by atoms with Crippen LogP contribution in [0.3, 0.4) is 0 Å². The summed E-state index contributed by atoms with van der Waals surface area (Å²) in [6.45, 7) is 1.61. The Balaban J connectivity index is 2.31. The summed E-state index contributed by atoms with van der Waals surface area (Å²) in [5.74, 6) is -1.41. The third-order valence-corrected chi connectivity index (χ3v) is 2.22. The molecule has 0 bridgehead atoms. The standard InChI is InChI=1S/C11H7ClF2N2O/c1-6-2-3-7(4-8(6)13)17-10-9(14)5-15-11(12)16-10/h2-5H,1H3. The van der Waals surface area contributed by atoms with Crippen LogP contribution in [0.5, 0.6) is 11.6 Å². The van der Waals surface area contributed by atoms with Crippen molar-refractivity contribution >= 4 is 11.6 Å². The SMILES string of the molecule is Cc1ccc(Oc2nc(Cl)ncc2F)cc1F. The first-order chi connectivity index (χ1) is 8.06. The molecule has 0 spiro atoms. The van der Waals surface area contributed by atoms with Gasteiger partial charge in [0.25, 0.3) is 5.88 Å². The van der Waals surface area contributed by atoms with E-state index < -0.39 is 11.6 Å². The minimum atomic E-state index is -0.768. The molecule has 0 aliphatic carbocycles. The number of rotatable bonds is 2. The Kier molecular flexibility index (Phi) is 3.19. The number of halogens is 3. The zero-order valence-corrected chi connectivity index (χ0v) is 9.50. The molecule has 3 nitrogen and oxygen atoms in total. The predicted molar refractivity (Wildman–Crippen MR) is 58.2 cm³/mol. The quantitative estimate of drug-likeness (QED) is 0.771. The number of nitrogens with zero attached hydrogens (tertiary/aromatic N) is 2. The molecule has 0 atom stereocenters. The Morgan fingerprint density at radius 1 is 1.24 bits per heavy atom. The Bertz CT molecular complexity index is 563. The first-order valence-corrected chi connectivity index (χ1v) is 5.06. The summed E-state index contributed by atoms with van der Waals surface area (Å²) in [4.78, 5) is 6.99. The normalized spacial score (nSPS) is 10.4. The molecule has 88 valence electrons. The van der Waals surface area contributed by atoms with Crippen molar-refractivity contribution in [2.24, 2.45) is 0 Å². The molecule has 1 heterocycles. The average molecular weight is 257 g/mol. The van der Waals surface area contributed by atoms with E-state index in [9.17, 15) is 8.78 Å². The van der Waals surface area contributed by atoms with Crippen LogP contribution in [0.2, 0.25) is 5.28 Å². The van der Waals surface area contributed by atoms with E-state index in [1.165, 1.54) is 12.1 Å². The van der Waals surface area contributed by atoms with Gasteiger partial charge in [-0.1, -0.05) is 6.07 Å². The van der Waals surface area contributed by atoms with E-state index in [1.807, 2.05) is 0 Å². The van der Waals surface area contributed by atoms with Gasteiger partial charge < -0.3 is 4.74 Å². The Hall–Kier alpha value is -1.75. The zero-order valence-electron chi connectivity index (χ0n) is 8.75. The second-order valence-electron chi connectivity index (χ2n) is 3.31. The van der Waals surface area contributed by atoms with E-state index in [0.29, 0.717) is 5.56 Å². The van der Waals surface area contributed by atoms with Gasteiger partial charge in [-0.3, -0.25) is 0 Å². The second kappa shape index (κ2) is 4.63. The Morgan fingerprint density at radius 2 is 2.00 bits per heavy atom. The van der Waals surface area contributed by atoms with Crippen LogP contribution in [-0.2, 0) is 0 Å². The van der Waals surface area contributed by atoms with Crippen LogP contribution in [0.25, 0.3) is 0 Å². The van der Waals surface area contributed by atoms with Crippen molar-refractivity contribution in [2.75, 3.05) is 0 Å². The molecule has 1 aromatic carbocycles. The minimum absolute atomic E-state index is 0.141. The van der Waals surface area contributed by atoms with Gasteiger partial charge in [-0.25, -0.2) is 9.37 Å². The van der Waals surface area contributed by atoms with Gasteiger partial charge in [0.05, 0.1) is 6.20 Å². The largest absolute Gasteiger partial charge is 0.436 e. The van der Waals surface area contributed by atoms with Gasteiger partial charge in [-0.15, -0.1) is 0 Å². The molecule has 6 heteroatoms. The molecule has 2 rings (SSSR count). The Morgan fingerprint density at radius 3 is 2.71 bits per heavy atom. The van der Waals surface area contributed by atoms with Crippen molar-refractivity contribution < 1.29 is 13.5 Å². The molecule has 0 saturated heterocycles. The van der Waals surface area contributed by atoms with Crippen LogP contribution in [-0.4, -0.2) is 9.97 Å². The lowest BCUT2D eigenvalue weighted by Gasteiger charge is -2.06. The van der Waals surface area contributed by atoms with E-state index >= 15 is 0 Å². The lowest BCUT2D eigenvalue weighted by molar-refractivity contribution is 0.416. The summed E-state index contributed by atoms with van der Waals surface area (Å²) < 4.78 is 31.5. The van der Waals surface area contributed by atoms with Gasteiger partial charge >= 0.3 is 0 Å². The molecule has 17 heavy (non-hydrogen) atoms. The first kappa shape index (κ1) is 11.7. The van der Waals surface area contributed by atoms with Crippen molar-refractivity contribution in [3.8, 4) is 11.6 Å². The number of benzene rings is 1. The molecule has 0 aliphatic rings. The number of aryl methyl sites for hydroxylation is 1. The van der Waals surface area contributed by atoms with Crippen LogP contribution < -0.4 is 4.74 Å². The summed E-state index contributed by atoms with van der Waals surface area (Å²) in [5, 5.41) is -0.144. The number of aromatic nitrogens is 2. The van der Waals surface area contributed by atoms with Crippen molar-refractivity contribution in [3.63, 3.8) is 0 Å². The maximum absolute atomic E-state index is 13.2. The number of ether oxygens (including phenoxy) is 1.